The average molecular weight is 235 g/mol. The van der Waals surface area contributed by atoms with E-state index in [2.05, 4.69) is 17.5 Å². The summed E-state index contributed by atoms with van der Waals surface area (Å²) in [6.07, 6.45) is 8.21. The second-order valence-electron chi connectivity index (χ2n) is 5.47. The van der Waals surface area contributed by atoms with Gasteiger partial charge in [-0.1, -0.05) is 18.9 Å². The van der Waals surface area contributed by atoms with Gasteiger partial charge in [0.05, 0.1) is 0 Å². The fraction of sp³-hybridized carbons (Fsp3) is 0.714. The minimum atomic E-state index is 0.468. The Kier molecular flexibility index (Phi) is 3.03. The Balaban J connectivity index is 1.49. The lowest BCUT2D eigenvalue weighted by Crippen LogP contribution is -2.24. The molecule has 16 heavy (non-hydrogen) atoms. The third kappa shape index (κ3) is 2.05. The monoisotopic (exact) mass is 235 g/mol. The minimum Gasteiger partial charge on any atom is -0.327 e. The van der Waals surface area contributed by atoms with Gasteiger partial charge in [0, 0.05) is 10.9 Å². The molecule has 1 aromatic heterocycles. The Labute approximate surface area is 102 Å². The van der Waals surface area contributed by atoms with Crippen molar-refractivity contribution in [2.24, 2.45) is 23.5 Å². The molecule has 0 aromatic carbocycles. The van der Waals surface area contributed by atoms with Gasteiger partial charge in [-0.3, -0.25) is 0 Å². The highest BCUT2D eigenvalue weighted by Gasteiger charge is 2.52. The topological polar surface area (TPSA) is 26.0 Å². The molecule has 3 atom stereocenters. The van der Waals surface area contributed by atoms with Crippen molar-refractivity contribution < 1.29 is 0 Å². The third-order valence-electron chi connectivity index (χ3n) is 4.52. The first kappa shape index (κ1) is 10.8. The van der Waals surface area contributed by atoms with Crippen LogP contribution < -0.4 is 5.73 Å². The zero-order valence-electron chi connectivity index (χ0n) is 9.77. The number of hydrogen-bond donors (Lipinski definition) is 1. The van der Waals surface area contributed by atoms with E-state index in [0.717, 1.165) is 17.8 Å². The van der Waals surface area contributed by atoms with E-state index in [1.54, 1.807) is 0 Å². The van der Waals surface area contributed by atoms with E-state index in [1.165, 1.54) is 43.4 Å². The van der Waals surface area contributed by atoms with Gasteiger partial charge in [-0.15, -0.1) is 11.3 Å². The highest BCUT2D eigenvalue weighted by molar-refractivity contribution is 7.09. The van der Waals surface area contributed by atoms with Crippen molar-refractivity contribution in [1.29, 1.82) is 0 Å². The molecule has 1 nitrogen and oxygen atoms in total. The summed E-state index contributed by atoms with van der Waals surface area (Å²) >= 11 is 1.87. The normalized spacial score (nSPS) is 34.4. The number of rotatable bonds is 4. The quantitative estimate of drug-likeness (QED) is 0.850. The molecule has 88 valence electrons. The number of nitrogens with two attached hydrogens (primary N) is 1. The molecule has 3 unspecified atom stereocenters. The number of aryl methyl sites for hydroxylation is 1. The molecule has 0 aliphatic heterocycles. The molecule has 2 N–H and O–H groups in total. The average Bonchev–Trinajstić information content (AvgIpc) is 2.80. The highest BCUT2D eigenvalue weighted by atomic mass is 32.1. The fourth-order valence-corrected chi connectivity index (χ4v) is 4.36. The Morgan fingerprint density at radius 3 is 2.69 bits per heavy atom. The van der Waals surface area contributed by atoms with Gasteiger partial charge in [-0.2, -0.15) is 0 Å². The van der Waals surface area contributed by atoms with Gasteiger partial charge < -0.3 is 5.73 Å². The van der Waals surface area contributed by atoms with E-state index in [9.17, 15) is 0 Å². The van der Waals surface area contributed by atoms with E-state index >= 15 is 0 Å². The van der Waals surface area contributed by atoms with E-state index in [4.69, 9.17) is 5.73 Å². The summed E-state index contributed by atoms with van der Waals surface area (Å²) in [6, 6.07) is 4.84. The zero-order chi connectivity index (χ0) is 11.0. The Bertz CT molecular complexity index is 321. The molecule has 0 bridgehead atoms. The van der Waals surface area contributed by atoms with E-state index in [0.29, 0.717) is 6.04 Å². The summed E-state index contributed by atoms with van der Waals surface area (Å²) in [5, 5.41) is 2.16. The number of hydrogen-bond acceptors (Lipinski definition) is 2. The van der Waals surface area contributed by atoms with Crippen LogP contribution in [0, 0.1) is 17.8 Å². The standard InChI is InChI=1S/C14H21NS/c15-13(8-7-10-4-3-9-16-10)14-11-5-1-2-6-12(11)14/h3-4,9,11-14H,1-2,5-8,15H2. The molecule has 1 aromatic rings. The van der Waals surface area contributed by atoms with Gasteiger partial charge in [0.15, 0.2) is 0 Å². The van der Waals surface area contributed by atoms with Crippen molar-refractivity contribution in [2.45, 2.75) is 44.6 Å². The fourth-order valence-electron chi connectivity index (χ4n) is 3.64. The summed E-state index contributed by atoms with van der Waals surface area (Å²) in [6.45, 7) is 0. The SMILES string of the molecule is NC(CCc1cccs1)C1C2CCCCC21. The van der Waals surface area contributed by atoms with Gasteiger partial charge >= 0.3 is 0 Å². The van der Waals surface area contributed by atoms with E-state index < -0.39 is 0 Å². The molecule has 2 aliphatic carbocycles. The molecule has 1 heterocycles. The predicted octanol–water partition coefficient (Wildman–Crippen LogP) is 3.44. The maximum absolute atomic E-state index is 6.36. The first-order valence-corrected chi connectivity index (χ1v) is 7.52. The summed E-state index contributed by atoms with van der Waals surface area (Å²) < 4.78 is 0. The van der Waals surface area contributed by atoms with Crippen LogP contribution in [0.4, 0.5) is 0 Å². The molecule has 3 rings (SSSR count). The largest absolute Gasteiger partial charge is 0.327 e. The van der Waals surface area contributed by atoms with Crippen LogP contribution in [0.25, 0.3) is 0 Å². The van der Waals surface area contributed by atoms with Gasteiger partial charge in [0.1, 0.15) is 0 Å². The summed E-state index contributed by atoms with van der Waals surface area (Å²) in [4.78, 5) is 1.50. The van der Waals surface area contributed by atoms with Crippen molar-refractivity contribution in [3.8, 4) is 0 Å². The molecular weight excluding hydrogens is 214 g/mol. The maximum atomic E-state index is 6.36. The third-order valence-corrected chi connectivity index (χ3v) is 5.46. The van der Waals surface area contributed by atoms with Gasteiger partial charge in [0.25, 0.3) is 0 Å². The molecule has 2 aliphatic rings. The van der Waals surface area contributed by atoms with Crippen molar-refractivity contribution in [1.82, 2.24) is 0 Å². The number of fused-ring (bicyclic) bond motifs is 1. The van der Waals surface area contributed by atoms with Gasteiger partial charge in [0.2, 0.25) is 0 Å². The lowest BCUT2D eigenvalue weighted by molar-refractivity contribution is 0.480. The van der Waals surface area contributed by atoms with Gasteiger partial charge in [-0.05, 0) is 54.9 Å². The molecule has 0 amide bonds. The Hall–Kier alpha value is -0.340. The second kappa shape index (κ2) is 4.50. The molecule has 2 heteroatoms. The molecule has 2 saturated carbocycles. The Morgan fingerprint density at radius 1 is 1.31 bits per heavy atom. The second-order valence-corrected chi connectivity index (χ2v) is 6.50. The van der Waals surface area contributed by atoms with Crippen LogP contribution in [-0.2, 0) is 6.42 Å². The van der Waals surface area contributed by atoms with E-state index in [-0.39, 0.29) is 0 Å². The Morgan fingerprint density at radius 2 is 2.06 bits per heavy atom. The van der Waals surface area contributed by atoms with Crippen LogP contribution in [0.15, 0.2) is 17.5 Å². The number of thiophene rings is 1. The van der Waals surface area contributed by atoms with E-state index in [1.807, 2.05) is 11.3 Å². The lowest BCUT2D eigenvalue weighted by atomic mass is 10.0. The van der Waals surface area contributed by atoms with Crippen LogP contribution in [0.3, 0.4) is 0 Å². The molecule has 2 fully saturated rings. The van der Waals surface area contributed by atoms with Crippen LogP contribution in [-0.4, -0.2) is 6.04 Å². The van der Waals surface area contributed by atoms with Gasteiger partial charge in [-0.25, -0.2) is 0 Å². The summed E-state index contributed by atoms with van der Waals surface area (Å²) in [5.74, 6) is 2.89. The first-order chi connectivity index (χ1) is 7.86. The smallest absolute Gasteiger partial charge is 0.00761 e. The molecule has 0 saturated heterocycles. The summed E-state index contributed by atoms with van der Waals surface area (Å²) in [5.41, 5.74) is 6.36. The lowest BCUT2D eigenvalue weighted by Gasteiger charge is -2.10. The molecule has 0 radical (unpaired) electrons. The molecule has 0 spiro atoms. The van der Waals surface area contributed by atoms with Crippen LogP contribution in [0.2, 0.25) is 0 Å². The van der Waals surface area contributed by atoms with Crippen LogP contribution in [0.5, 0.6) is 0 Å². The minimum absolute atomic E-state index is 0.468. The predicted molar refractivity (Wildman–Crippen MR) is 69.6 cm³/mol. The van der Waals surface area contributed by atoms with Crippen molar-refractivity contribution in [3.05, 3.63) is 22.4 Å². The van der Waals surface area contributed by atoms with Crippen molar-refractivity contribution in [2.75, 3.05) is 0 Å². The van der Waals surface area contributed by atoms with Crippen molar-refractivity contribution >= 4 is 11.3 Å². The summed E-state index contributed by atoms with van der Waals surface area (Å²) in [7, 11) is 0. The zero-order valence-corrected chi connectivity index (χ0v) is 10.6. The molecular formula is C14H21NS. The maximum Gasteiger partial charge on any atom is 0.00761 e. The highest BCUT2D eigenvalue weighted by Crippen LogP contribution is 2.57. The van der Waals surface area contributed by atoms with Crippen molar-refractivity contribution in [3.63, 3.8) is 0 Å². The van der Waals surface area contributed by atoms with Crippen LogP contribution in [0.1, 0.15) is 37.0 Å². The first-order valence-electron chi connectivity index (χ1n) is 6.64. The van der Waals surface area contributed by atoms with Crippen LogP contribution >= 0.6 is 11.3 Å².